The second kappa shape index (κ2) is 7.14. The average molecular weight is 428 g/mol. The highest BCUT2D eigenvalue weighted by Crippen LogP contribution is 2.37. The first-order valence-corrected chi connectivity index (χ1v) is 9.46. The molecule has 3 aromatic rings. The van der Waals surface area contributed by atoms with Gasteiger partial charge in [0.2, 0.25) is 0 Å². The quantitative estimate of drug-likeness (QED) is 0.565. The van der Waals surface area contributed by atoms with E-state index in [9.17, 15) is 4.79 Å². The first-order chi connectivity index (χ1) is 12.6. The molecule has 0 unspecified atom stereocenters. The third kappa shape index (κ3) is 3.11. The van der Waals surface area contributed by atoms with E-state index in [4.69, 9.17) is 11.6 Å². The number of fused-ring (bicyclic) bond motifs is 1. The van der Waals surface area contributed by atoms with Gasteiger partial charge in [0.25, 0.3) is 5.91 Å². The zero-order valence-electron chi connectivity index (χ0n) is 13.8. The van der Waals surface area contributed by atoms with Crippen molar-refractivity contribution in [2.45, 2.75) is 12.7 Å². The van der Waals surface area contributed by atoms with Crippen molar-refractivity contribution < 1.29 is 4.79 Å². The summed E-state index contributed by atoms with van der Waals surface area (Å²) < 4.78 is 0.953. The molecule has 130 valence electrons. The van der Waals surface area contributed by atoms with Crippen LogP contribution in [0.15, 0.2) is 77.3 Å². The van der Waals surface area contributed by atoms with Crippen LogP contribution in [0.1, 0.15) is 27.7 Å². The lowest BCUT2D eigenvalue weighted by Crippen LogP contribution is -2.32. The Labute approximate surface area is 165 Å². The van der Waals surface area contributed by atoms with Crippen LogP contribution in [0.25, 0.3) is 0 Å². The highest BCUT2D eigenvalue weighted by atomic mass is 79.9. The van der Waals surface area contributed by atoms with Crippen molar-refractivity contribution in [3.05, 3.63) is 99.0 Å². The Bertz CT molecular complexity index is 975. The van der Waals surface area contributed by atoms with Crippen molar-refractivity contribution in [1.82, 2.24) is 4.90 Å². The van der Waals surface area contributed by atoms with Gasteiger partial charge in [0.05, 0.1) is 5.69 Å². The predicted molar refractivity (Wildman–Crippen MR) is 108 cm³/mol. The minimum absolute atomic E-state index is 0.00470. The van der Waals surface area contributed by atoms with Crippen molar-refractivity contribution in [2.75, 3.05) is 5.32 Å². The minimum Gasteiger partial charge on any atom is -0.360 e. The number of hydrogen-bond donors (Lipinski definition) is 1. The van der Waals surface area contributed by atoms with Gasteiger partial charge in [-0.2, -0.15) is 0 Å². The number of anilines is 1. The average Bonchev–Trinajstić information content (AvgIpc) is 2.91. The normalized spacial score (nSPS) is 15.8. The van der Waals surface area contributed by atoms with Gasteiger partial charge in [-0.25, -0.2) is 0 Å². The van der Waals surface area contributed by atoms with E-state index in [2.05, 4.69) is 21.2 Å². The maximum Gasteiger partial charge on any atom is 0.256 e. The van der Waals surface area contributed by atoms with Crippen LogP contribution >= 0.6 is 27.5 Å². The number of halogens is 2. The van der Waals surface area contributed by atoms with E-state index in [1.807, 2.05) is 77.7 Å². The van der Waals surface area contributed by atoms with Gasteiger partial charge in [-0.05, 0) is 45.8 Å². The molecular weight excluding hydrogens is 412 g/mol. The predicted octanol–water partition coefficient (Wildman–Crippen LogP) is 5.87. The fourth-order valence-corrected chi connectivity index (χ4v) is 3.82. The summed E-state index contributed by atoms with van der Waals surface area (Å²) in [5.41, 5.74) is 3.56. The van der Waals surface area contributed by atoms with Crippen molar-refractivity contribution in [2.24, 2.45) is 0 Å². The van der Waals surface area contributed by atoms with Crippen LogP contribution in [-0.4, -0.2) is 10.8 Å². The number of carbonyl (C=O) groups excluding carboxylic acids is 1. The third-order valence-electron chi connectivity index (χ3n) is 4.52. The van der Waals surface area contributed by atoms with Gasteiger partial charge in [0.1, 0.15) is 6.17 Å². The van der Waals surface area contributed by atoms with Gasteiger partial charge in [-0.1, -0.05) is 60.1 Å². The molecule has 26 heavy (non-hydrogen) atoms. The summed E-state index contributed by atoms with van der Waals surface area (Å²) in [6.07, 6.45) is -0.256. The topological polar surface area (TPSA) is 32.3 Å². The summed E-state index contributed by atoms with van der Waals surface area (Å²) in [7, 11) is 0. The molecule has 1 aliphatic heterocycles. The van der Waals surface area contributed by atoms with Gasteiger partial charge < -0.3 is 10.2 Å². The number of nitrogens with one attached hydrogen (secondary N) is 1. The lowest BCUT2D eigenvalue weighted by Gasteiger charge is -2.28. The Hall–Kier alpha value is -2.30. The van der Waals surface area contributed by atoms with Crippen LogP contribution < -0.4 is 5.32 Å². The maximum absolute atomic E-state index is 13.0. The molecule has 0 radical (unpaired) electrons. The van der Waals surface area contributed by atoms with Gasteiger partial charge in [0.15, 0.2) is 0 Å². The third-order valence-corrected chi connectivity index (χ3v) is 5.58. The van der Waals surface area contributed by atoms with Crippen LogP contribution in [0.3, 0.4) is 0 Å². The Morgan fingerprint density at radius 1 is 0.962 bits per heavy atom. The molecule has 3 aromatic carbocycles. The van der Waals surface area contributed by atoms with Crippen molar-refractivity contribution in [3.63, 3.8) is 0 Å². The van der Waals surface area contributed by atoms with Gasteiger partial charge >= 0.3 is 0 Å². The Kier molecular flexibility index (Phi) is 4.70. The maximum atomic E-state index is 13.0. The second-order valence-corrected chi connectivity index (χ2v) is 7.40. The van der Waals surface area contributed by atoms with E-state index in [0.29, 0.717) is 11.6 Å². The minimum atomic E-state index is -0.256. The van der Waals surface area contributed by atoms with E-state index >= 15 is 0 Å². The zero-order valence-corrected chi connectivity index (χ0v) is 16.2. The molecule has 0 saturated heterocycles. The number of rotatable bonds is 4. The number of nitrogens with zero attached hydrogens (tertiary/aromatic N) is 1. The summed E-state index contributed by atoms with van der Waals surface area (Å²) in [6, 6.07) is 23.2. The summed E-state index contributed by atoms with van der Waals surface area (Å²) in [5, 5.41) is 4.16. The number of carbonyl (C=O) groups is 1. The molecule has 4 rings (SSSR count). The molecular formula is C21H16BrClN2O. The molecule has 1 N–H and O–H groups in total. The summed E-state index contributed by atoms with van der Waals surface area (Å²) in [5.74, 6) is 0.00470. The largest absolute Gasteiger partial charge is 0.360 e. The van der Waals surface area contributed by atoms with E-state index in [1.54, 1.807) is 0 Å². The number of hydrogen-bond acceptors (Lipinski definition) is 2. The van der Waals surface area contributed by atoms with E-state index < -0.39 is 0 Å². The Morgan fingerprint density at radius 3 is 2.46 bits per heavy atom. The van der Waals surface area contributed by atoms with Crippen molar-refractivity contribution >= 4 is 39.1 Å². The molecule has 0 bridgehead atoms. The SMILES string of the molecule is O=C1c2ccccc2[C@@H](Nc2ccccc2Br)N1Cc1ccccc1Cl. The van der Waals surface area contributed by atoms with E-state index in [0.717, 1.165) is 26.9 Å². The monoisotopic (exact) mass is 426 g/mol. The Balaban J connectivity index is 1.73. The first kappa shape index (κ1) is 17.1. The molecule has 1 amide bonds. The Morgan fingerprint density at radius 2 is 1.65 bits per heavy atom. The molecule has 0 saturated carbocycles. The molecule has 0 aromatic heterocycles. The highest BCUT2D eigenvalue weighted by Gasteiger charge is 2.36. The molecule has 0 spiro atoms. The lowest BCUT2D eigenvalue weighted by molar-refractivity contribution is 0.0729. The number of benzene rings is 3. The van der Waals surface area contributed by atoms with E-state index in [1.165, 1.54) is 0 Å². The van der Waals surface area contributed by atoms with Crippen molar-refractivity contribution in [3.8, 4) is 0 Å². The van der Waals surface area contributed by atoms with Gasteiger partial charge in [0, 0.05) is 27.2 Å². The smallest absolute Gasteiger partial charge is 0.256 e. The summed E-state index contributed by atoms with van der Waals surface area (Å²) in [6.45, 7) is 0.440. The molecule has 0 fully saturated rings. The molecule has 0 aliphatic carbocycles. The van der Waals surface area contributed by atoms with Crippen LogP contribution in [0.5, 0.6) is 0 Å². The summed E-state index contributed by atoms with van der Waals surface area (Å²) >= 11 is 9.90. The molecule has 1 atom stereocenters. The first-order valence-electron chi connectivity index (χ1n) is 8.29. The lowest BCUT2D eigenvalue weighted by atomic mass is 10.1. The van der Waals surface area contributed by atoms with Gasteiger partial charge in [-0.15, -0.1) is 0 Å². The zero-order chi connectivity index (χ0) is 18.1. The van der Waals surface area contributed by atoms with Crippen LogP contribution in [0.2, 0.25) is 5.02 Å². The number of para-hydroxylation sites is 1. The molecule has 3 nitrogen and oxygen atoms in total. The van der Waals surface area contributed by atoms with Crippen LogP contribution in [0.4, 0.5) is 5.69 Å². The van der Waals surface area contributed by atoms with Crippen LogP contribution in [0, 0.1) is 0 Å². The fraction of sp³-hybridized carbons (Fsp3) is 0.0952. The number of amides is 1. The van der Waals surface area contributed by atoms with Gasteiger partial charge in [-0.3, -0.25) is 4.79 Å². The summed E-state index contributed by atoms with van der Waals surface area (Å²) in [4.78, 5) is 14.9. The van der Waals surface area contributed by atoms with Crippen LogP contribution in [-0.2, 0) is 6.54 Å². The molecule has 1 aliphatic rings. The van der Waals surface area contributed by atoms with Crippen molar-refractivity contribution in [1.29, 1.82) is 0 Å². The second-order valence-electron chi connectivity index (χ2n) is 6.14. The highest BCUT2D eigenvalue weighted by molar-refractivity contribution is 9.10. The fourth-order valence-electron chi connectivity index (χ4n) is 3.22. The van der Waals surface area contributed by atoms with E-state index in [-0.39, 0.29) is 12.1 Å². The molecule has 1 heterocycles. The standard InChI is InChI=1S/C21H16BrClN2O/c22-17-10-4-6-12-19(17)24-20-15-8-2-3-9-16(15)21(26)25(20)13-14-7-1-5-11-18(14)23/h1-12,20,24H,13H2/t20-/m0/s1. The molecule has 5 heteroatoms.